The van der Waals surface area contributed by atoms with Crippen molar-refractivity contribution >= 4 is 29.9 Å². The van der Waals surface area contributed by atoms with Crippen LogP contribution in [0.2, 0.25) is 0 Å². The van der Waals surface area contributed by atoms with Gasteiger partial charge in [0.15, 0.2) is 0 Å². The number of hydrogen-bond acceptors (Lipinski definition) is 2. The predicted octanol–water partition coefficient (Wildman–Crippen LogP) is 2.80. The molecule has 1 nitrogen and oxygen atoms in total. The van der Waals surface area contributed by atoms with Crippen LogP contribution in [0.15, 0.2) is 29.2 Å². The highest BCUT2D eigenvalue weighted by Gasteiger charge is 1.89. The summed E-state index contributed by atoms with van der Waals surface area (Å²) in [5.41, 5.74) is 6.42. The van der Waals surface area contributed by atoms with Crippen molar-refractivity contribution in [3.05, 3.63) is 24.3 Å². The molecule has 0 amide bonds. The quantitative estimate of drug-likeness (QED) is 0.572. The van der Waals surface area contributed by atoms with Crippen molar-refractivity contribution in [2.75, 3.05) is 11.5 Å². The highest BCUT2D eigenvalue weighted by atomic mass is 35.5. The Morgan fingerprint density at radius 2 is 2.18 bits per heavy atom. The van der Waals surface area contributed by atoms with Crippen LogP contribution in [0.3, 0.4) is 0 Å². The Morgan fingerprint density at radius 1 is 1.45 bits per heavy atom. The average Bonchev–Trinajstić information content (AvgIpc) is 1.88. The van der Waals surface area contributed by atoms with Crippen LogP contribution in [-0.4, -0.2) is 5.75 Å². The number of nitrogen functional groups attached to an aromatic ring is 1. The maximum atomic E-state index is 5.58. The predicted molar refractivity (Wildman–Crippen MR) is 54.5 cm³/mol. The number of hydrogen-bond donors (Lipinski definition) is 1. The monoisotopic (exact) mass is 189 g/mol. The van der Waals surface area contributed by atoms with Crippen LogP contribution < -0.4 is 5.73 Å². The van der Waals surface area contributed by atoms with Crippen molar-refractivity contribution in [3.8, 4) is 0 Å². The molecule has 1 rings (SSSR count). The van der Waals surface area contributed by atoms with E-state index >= 15 is 0 Å². The van der Waals surface area contributed by atoms with Gasteiger partial charge in [-0.3, -0.25) is 0 Å². The molecule has 2 N–H and O–H groups in total. The number of anilines is 1. The lowest BCUT2D eigenvalue weighted by Gasteiger charge is -1.97. The minimum Gasteiger partial charge on any atom is -0.399 e. The molecule has 1 aromatic rings. The van der Waals surface area contributed by atoms with Gasteiger partial charge in [-0.2, -0.15) is 0 Å². The summed E-state index contributed by atoms with van der Waals surface area (Å²) in [7, 11) is 0. The number of benzene rings is 1. The first-order valence-electron chi connectivity index (χ1n) is 3.31. The summed E-state index contributed by atoms with van der Waals surface area (Å²) in [6.07, 6.45) is 0. The zero-order valence-corrected chi connectivity index (χ0v) is 8.04. The normalized spacial score (nSPS) is 8.82. The van der Waals surface area contributed by atoms with Crippen LogP contribution in [0.5, 0.6) is 0 Å². The van der Waals surface area contributed by atoms with Crippen molar-refractivity contribution in [1.29, 1.82) is 0 Å². The van der Waals surface area contributed by atoms with Gasteiger partial charge in [0.1, 0.15) is 0 Å². The third kappa shape index (κ3) is 3.54. The zero-order chi connectivity index (χ0) is 7.40. The molecule has 0 radical (unpaired) electrons. The van der Waals surface area contributed by atoms with Crippen molar-refractivity contribution < 1.29 is 0 Å². The summed E-state index contributed by atoms with van der Waals surface area (Å²) in [6.45, 7) is 2.13. The standard InChI is InChI=1S/C8H11NS.ClH/c1-2-10-8-5-3-4-7(9)6-8;/h3-6H,2,9H2,1H3;1H. The van der Waals surface area contributed by atoms with E-state index in [9.17, 15) is 0 Å². The summed E-state index contributed by atoms with van der Waals surface area (Å²) in [4.78, 5) is 1.25. The largest absolute Gasteiger partial charge is 0.399 e. The van der Waals surface area contributed by atoms with E-state index in [-0.39, 0.29) is 12.4 Å². The van der Waals surface area contributed by atoms with E-state index in [2.05, 4.69) is 13.0 Å². The molecule has 0 spiro atoms. The molecular weight excluding hydrogens is 178 g/mol. The number of nitrogens with two attached hydrogens (primary N) is 1. The van der Waals surface area contributed by atoms with E-state index in [0.717, 1.165) is 11.4 Å². The van der Waals surface area contributed by atoms with Crippen LogP contribution >= 0.6 is 24.2 Å². The Hall–Kier alpha value is -0.340. The Kier molecular flexibility index (Phi) is 5.16. The topological polar surface area (TPSA) is 26.0 Å². The molecule has 3 heteroatoms. The fourth-order valence-electron chi connectivity index (χ4n) is 0.771. The molecule has 0 heterocycles. The maximum absolute atomic E-state index is 5.58. The molecule has 0 aliphatic carbocycles. The number of thioether (sulfide) groups is 1. The molecule has 0 saturated heterocycles. The molecule has 0 unspecified atom stereocenters. The Balaban J connectivity index is 0.000001000. The molecular formula is C8H12ClNS. The van der Waals surface area contributed by atoms with E-state index in [1.54, 1.807) is 0 Å². The molecule has 62 valence electrons. The molecule has 1 aromatic carbocycles. The average molecular weight is 190 g/mol. The molecule has 11 heavy (non-hydrogen) atoms. The van der Waals surface area contributed by atoms with E-state index in [1.165, 1.54) is 4.90 Å². The van der Waals surface area contributed by atoms with Gasteiger partial charge in [-0.25, -0.2) is 0 Å². The lowest BCUT2D eigenvalue weighted by Crippen LogP contribution is -1.83. The van der Waals surface area contributed by atoms with E-state index in [0.29, 0.717) is 0 Å². The van der Waals surface area contributed by atoms with E-state index in [4.69, 9.17) is 5.73 Å². The third-order valence-electron chi connectivity index (χ3n) is 1.17. The van der Waals surface area contributed by atoms with Crippen LogP contribution in [0.4, 0.5) is 5.69 Å². The SMILES string of the molecule is CCSc1cccc(N)c1.Cl. The smallest absolute Gasteiger partial charge is 0.0325 e. The highest BCUT2D eigenvalue weighted by Crippen LogP contribution is 2.18. The minimum atomic E-state index is 0. The number of rotatable bonds is 2. The first-order chi connectivity index (χ1) is 4.83. The van der Waals surface area contributed by atoms with Crippen LogP contribution in [0.25, 0.3) is 0 Å². The Morgan fingerprint density at radius 3 is 2.73 bits per heavy atom. The van der Waals surface area contributed by atoms with Crippen LogP contribution in [0, 0.1) is 0 Å². The fourth-order valence-corrected chi connectivity index (χ4v) is 1.50. The van der Waals surface area contributed by atoms with E-state index in [1.807, 2.05) is 30.0 Å². The van der Waals surface area contributed by atoms with Gasteiger partial charge in [-0.05, 0) is 24.0 Å². The second-order valence-electron chi connectivity index (χ2n) is 2.01. The second-order valence-corrected chi connectivity index (χ2v) is 3.34. The molecule has 0 aliphatic rings. The summed E-state index contributed by atoms with van der Waals surface area (Å²) in [5.74, 6) is 1.10. The molecule has 0 bridgehead atoms. The van der Waals surface area contributed by atoms with Crippen LogP contribution in [-0.2, 0) is 0 Å². The fraction of sp³-hybridized carbons (Fsp3) is 0.250. The molecule has 0 aliphatic heterocycles. The summed E-state index contributed by atoms with van der Waals surface area (Å²) in [6, 6.07) is 7.95. The first-order valence-corrected chi connectivity index (χ1v) is 4.30. The second kappa shape index (κ2) is 5.33. The van der Waals surface area contributed by atoms with E-state index < -0.39 is 0 Å². The highest BCUT2D eigenvalue weighted by molar-refractivity contribution is 7.99. The number of halogens is 1. The van der Waals surface area contributed by atoms with Crippen molar-refractivity contribution in [2.45, 2.75) is 11.8 Å². The summed E-state index contributed by atoms with van der Waals surface area (Å²) < 4.78 is 0. The van der Waals surface area contributed by atoms with Gasteiger partial charge in [0.2, 0.25) is 0 Å². The Labute approximate surface area is 77.8 Å². The summed E-state index contributed by atoms with van der Waals surface area (Å²) in [5, 5.41) is 0. The lowest BCUT2D eigenvalue weighted by atomic mass is 10.3. The van der Waals surface area contributed by atoms with Crippen molar-refractivity contribution in [2.24, 2.45) is 0 Å². The lowest BCUT2D eigenvalue weighted by molar-refractivity contribution is 1.43. The van der Waals surface area contributed by atoms with Gasteiger partial charge in [0.25, 0.3) is 0 Å². The van der Waals surface area contributed by atoms with Gasteiger partial charge in [-0.15, -0.1) is 24.2 Å². The van der Waals surface area contributed by atoms with Gasteiger partial charge < -0.3 is 5.73 Å². The first kappa shape index (κ1) is 10.7. The van der Waals surface area contributed by atoms with Gasteiger partial charge in [0.05, 0.1) is 0 Å². The maximum Gasteiger partial charge on any atom is 0.0325 e. The molecule has 0 aromatic heterocycles. The molecule has 0 atom stereocenters. The van der Waals surface area contributed by atoms with Crippen LogP contribution in [0.1, 0.15) is 6.92 Å². The zero-order valence-electron chi connectivity index (χ0n) is 6.41. The van der Waals surface area contributed by atoms with Crippen molar-refractivity contribution in [1.82, 2.24) is 0 Å². The van der Waals surface area contributed by atoms with Gasteiger partial charge in [0, 0.05) is 10.6 Å². The van der Waals surface area contributed by atoms with Crippen molar-refractivity contribution in [3.63, 3.8) is 0 Å². The minimum absolute atomic E-state index is 0. The molecule has 0 saturated carbocycles. The third-order valence-corrected chi connectivity index (χ3v) is 2.05. The Bertz CT molecular complexity index is 215. The van der Waals surface area contributed by atoms with Gasteiger partial charge in [-0.1, -0.05) is 13.0 Å². The molecule has 0 fully saturated rings. The summed E-state index contributed by atoms with van der Waals surface area (Å²) >= 11 is 1.81. The van der Waals surface area contributed by atoms with Gasteiger partial charge >= 0.3 is 0 Å².